The van der Waals surface area contributed by atoms with Crippen molar-refractivity contribution in [2.24, 2.45) is 0 Å². The maximum absolute atomic E-state index is 10.2. The quantitative estimate of drug-likeness (QED) is 0.666. The first-order valence-corrected chi connectivity index (χ1v) is 7.48. The number of rotatable bonds is 5. The Kier molecular flexibility index (Phi) is 3.96. The van der Waals surface area contributed by atoms with Crippen LogP contribution in [-0.2, 0) is 12.8 Å². The molecule has 0 saturated heterocycles. The molecule has 2 heteroatoms. The minimum atomic E-state index is 0.356. The minimum absolute atomic E-state index is 0.356. The molecule has 0 aliphatic rings. The van der Waals surface area contributed by atoms with Crippen LogP contribution in [0, 0.1) is 6.92 Å². The van der Waals surface area contributed by atoms with Crippen molar-refractivity contribution in [2.75, 3.05) is 0 Å². The maximum atomic E-state index is 10.2. The molecule has 0 aliphatic carbocycles. The lowest BCUT2D eigenvalue weighted by Gasteiger charge is -2.08. The van der Waals surface area contributed by atoms with E-state index in [1.807, 2.05) is 25.1 Å². The van der Waals surface area contributed by atoms with Crippen LogP contribution >= 0.6 is 0 Å². The summed E-state index contributed by atoms with van der Waals surface area (Å²) in [5.41, 5.74) is 4.21. The van der Waals surface area contributed by atoms with Gasteiger partial charge in [0.25, 0.3) is 0 Å². The van der Waals surface area contributed by atoms with E-state index < -0.39 is 0 Å². The van der Waals surface area contributed by atoms with Crippen molar-refractivity contribution in [1.82, 2.24) is 0 Å². The van der Waals surface area contributed by atoms with E-state index in [-0.39, 0.29) is 0 Å². The highest BCUT2D eigenvalue weighted by atomic mass is 16.3. The lowest BCUT2D eigenvalue weighted by atomic mass is 10.00. The van der Waals surface area contributed by atoms with Crippen molar-refractivity contribution in [3.63, 3.8) is 0 Å². The molecular weight excluding hydrogens is 260 g/mol. The summed E-state index contributed by atoms with van der Waals surface area (Å²) in [6, 6.07) is 14.3. The molecule has 0 bridgehead atoms. The molecule has 0 unspecified atom stereocenters. The summed E-state index contributed by atoms with van der Waals surface area (Å²) in [4.78, 5) is 0. The largest absolute Gasteiger partial charge is 0.508 e. The van der Waals surface area contributed by atoms with E-state index in [9.17, 15) is 5.11 Å². The van der Waals surface area contributed by atoms with Crippen LogP contribution in [0.2, 0.25) is 0 Å². The number of hydrogen-bond acceptors (Lipinski definition) is 2. The van der Waals surface area contributed by atoms with Gasteiger partial charge in [0.15, 0.2) is 0 Å². The Labute approximate surface area is 125 Å². The molecule has 0 spiro atoms. The lowest BCUT2D eigenvalue weighted by molar-refractivity contribution is 0.464. The second kappa shape index (κ2) is 6.04. The molecule has 2 nitrogen and oxygen atoms in total. The van der Waals surface area contributed by atoms with E-state index in [2.05, 4.69) is 24.3 Å². The van der Waals surface area contributed by atoms with Crippen molar-refractivity contribution >= 4 is 11.0 Å². The molecule has 0 aliphatic heterocycles. The third-order valence-electron chi connectivity index (χ3n) is 4.01. The number of phenolic OH excluding ortho intramolecular Hbond substituents is 1. The van der Waals surface area contributed by atoms with Crippen LogP contribution in [0.4, 0.5) is 0 Å². The van der Waals surface area contributed by atoms with Crippen LogP contribution in [0.3, 0.4) is 0 Å². The summed E-state index contributed by atoms with van der Waals surface area (Å²) >= 11 is 0. The van der Waals surface area contributed by atoms with Crippen LogP contribution in [-0.4, -0.2) is 5.11 Å². The van der Waals surface area contributed by atoms with E-state index in [1.165, 1.54) is 5.56 Å². The highest BCUT2D eigenvalue weighted by Crippen LogP contribution is 2.32. The third kappa shape index (κ3) is 2.94. The highest BCUT2D eigenvalue weighted by Gasteiger charge is 2.12. The van der Waals surface area contributed by atoms with E-state index in [4.69, 9.17) is 4.42 Å². The molecule has 0 fully saturated rings. The van der Waals surface area contributed by atoms with Crippen LogP contribution in [0.5, 0.6) is 5.75 Å². The smallest absolute Gasteiger partial charge is 0.140 e. The third-order valence-corrected chi connectivity index (χ3v) is 4.01. The Hall–Kier alpha value is -2.22. The zero-order valence-corrected chi connectivity index (χ0v) is 12.3. The van der Waals surface area contributed by atoms with Gasteiger partial charge >= 0.3 is 0 Å². The number of furan rings is 1. The van der Waals surface area contributed by atoms with Crippen molar-refractivity contribution in [3.05, 3.63) is 65.4 Å². The molecule has 0 saturated carbocycles. The predicted molar refractivity (Wildman–Crippen MR) is 85.7 cm³/mol. The van der Waals surface area contributed by atoms with Gasteiger partial charge in [0.1, 0.15) is 11.3 Å². The average Bonchev–Trinajstić information content (AvgIpc) is 2.97. The number of unbranched alkanes of at least 4 members (excludes halogenated alkanes) is 1. The number of phenols is 1. The number of fused-ring (bicyclic) bond motifs is 1. The van der Waals surface area contributed by atoms with Gasteiger partial charge in [-0.3, -0.25) is 0 Å². The number of aromatic hydroxyl groups is 1. The van der Waals surface area contributed by atoms with Gasteiger partial charge in [-0.15, -0.1) is 0 Å². The minimum Gasteiger partial charge on any atom is -0.508 e. The normalized spacial score (nSPS) is 11.1. The standard InChI is InChI=1S/C19H20O2/c1-14-13-18(20)17(19-16(14)11-12-21-19)10-6-5-9-15-7-3-2-4-8-15/h2-4,7-8,11-13,20H,5-6,9-10H2,1H3. The van der Waals surface area contributed by atoms with Gasteiger partial charge in [0.05, 0.1) is 6.26 Å². The van der Waals surface area contributed by atoms with Crippen LogP contribution in [0.1, 0.15) is 29.5 Å². The summed E-state index contributed by atoms with van der Waals surface area (Å²) in [6.07, 6.45) is 5.78. The summed E-state index contributed by atoms with van der Waals surface area (Å²) in [5.74, 6) is 0.356. The molecule has 1 heterocycles. The monoisotopic (exact) mass is 280 g/mol. The Morgan fingerprint density at radius 1 is 1.00 bits per heavy atom. The van der Waals surface area contributed by atoms with Gasteiger partial charge in [-0.05, 0) is 55.9 Å². The van der Waals surface area contributed by atoms with Crippen molar-refractivity contribution in [3.8, 4) is 5.75 Å². The molecule has 2 aromatic carbocycles. The second-order valence-electron chi connectivity index (χ2n) is 5.55. The molecule has 0 atom stereocenters. The van der Waals surface area contributed by atoms with Gasteiger partial charge in [0.2, 0.25) is 0 Å². The zero-order chi connectivity index (χ0) is 14.7. The molecule has 0 amide bonds. The Bertz CT molecular complexity index is 726. The first kappa shape index (κ1) is 13.7. The highest BCUT2D eigenvalue weighted by molar-refractivity contribution is 5.85. The molecular formula is C19H20O2. The predicted octanol–water partition coefficient (Wildman–Crippen LogP) is 5.01. The molecule has 3 rings (SSSR count). The molecule has 21 heavy (non-hydrogen) atoms. The van der Waals surface area contributed by atoms with E-state index >= 15 is 0 Å². The van der Waals surface area contributed by atoms with Gasteiger partial charge in [0, 0.05) is 10.9 Å². The topological polar surface area (TPSA) is 33.4 Å². The SMILES string of the molecule is Cc1cc(O)c(CCCCc2ccccc2)c2occc12. The van der Waals surface area contributed by atoms with Crippen molar-refractivity contribution in [2.45, 2.75) is 32.6 Å². The molecule has 0 radical (unpaired) electrons. The molecule has 3 aromatic rings. The van der Waals surface area contributed by atoms with Gasteiger partial charge < -0.3 is 9.52 Å². The Morgan fingerprint density at radius 3 is 2.57 bits per heavy atom. The van der Waals surface area contributed by atoms with Crippen molar-refractivity contribution < 1.29 is 9.52 Å². The lowest BCUT2D eigenvalue weighted by Crippen LogP contribution is -1.91. The Morgan fingerprint density at radius 2 is 1.76 bits per heavy atom. The fraction of sp³-hybridized carbons (Fsp3) is 0.263. The number of hydrogen-bond donors (Lipinski definition) is 1. The van der Waals surface area contributed by atoms with Crippen LogP contribution in [0.15, 0.2) is 53.1 Å². The first-order chi connectivity index (χ1) is 10.3. The number of benzene rings is 2. The van der Waals surface area contributed by atoms with Crippen LogP contribution in [0.25, 0.3) is 11.0 Å². The zero-order valence-electron chi connectivity index (χ0n) is 12.3. The average molecular weight is 280 g/mol. The van der Waals surface area contributed by atoms with Gasteiger partial charge in [-0.25, -0.2) is 0 Å². The fourth-order valence-electron chi connectivity index (χ4n) is 2.86. The maximum Gasteiger partial charge on any atom is 0.140 e. The van der Waals surface area contributed by atoms with E-state index in [1.54, 1.807) is 6.26 Å². The molecule has 108 valence electrons. The van der Waals surface area contributed by atoms with E-state index in [0.717, 1.165) is 47.8 Å². The fourth-order valence-corrected chi connectivity index (χ4v) is 2.86. The van der Waals surface area contributed by atoms with Crippen LogP contribution < -0.4 is 0 Å². The van der Waals surface area contributed by atoms with Gasteiger partial charge in [-0.1, -0.05) is 30.3 Å². The summed E-state index contributed by atoms with van der Waals surface area (Å²) in [6.45, 7) is 2.00. The summed E-state index contributed by atoms with van der Waals surface area (Å²) < 4.78 is 5.57. The second-order valence-corrected chi connectivity index (χ2v) is 5.55. The van der Waals surface area contributed by atoms with Crippen molar-refractivity contribution in [1.29, 1.82) is 0 Å². The molecule has 1 aromatic heterocycles. The number of aryl methyl sites for hydroxylation is 3. The van der Waals surface area contributed by atoms with Gasteiger partial charge in [-0.2, -0.15) is 0 Å². The Balaban J connectivity index is 1.67. The van der Waals surface area contributed by atoms with E-state index in [0.29, 0.717) is 5.75 Å². The molecule has 1 N–H and O–H groups in total. The summed E-state index contributed by atoms with van der Waals surface area (Å²) in [7, 11) is 0. The first-order valence-electron chi connectivity index (χ1n) is 7.48. The summed E-state index contributed by atoms with van der Waals surface area (Å²) in [5, 5.41) is 11.3.